The Morgan fingerprint density at radius 2 is 1.28 bits per heavy atom. The number of rotatable bonds is 10. The van der Waals surface area contributed by atoms with Crippen molar-refractivity contribution in [3.05, 3.63) is 281 Å². The number of anilines is 4. The Bertz CT molecular complexity index is 3750. The molecule has 2 nitrogen and oxygen atoms in total. The molecular formula is C72H62N2. The third kappa shape index (κ3) is 8.54. The molecule has 8 aromatic rings. The van der Waals surface area contributed by atoms with Crippen LogP contribution < -0.4 is 10.2 Å². The van der Waals surface area contributed by atoms with Gasteiger partial charge in [-0.1, -0.05) is 246 Å². The smallest absolute Gasteiger partial charge is 0.0718 e. The van der Waals surface area contributed by atoms with Gasteiger partial charge in [0.2, 0.25) is 0 Å². The van der Waals surface area contributed by atoms with E-state index in [9.17, 15) is 0 Å². The average Bonchev–Trinajstić information content (AvgIpc) is 3.55. The van der Waals surface area contributed by atoms with Crippen molar-refractivity contribution < 1.29 is 0 Å². The van der Waals surface area contributed by atoms with Gasteiger partial charge in [-0.2, -0.15) is 0 Å². The molecule has 8 aromatic carbocycles. The second kappa shape index (κ2) is 19.5. The predicted molar refractivity (Wildman–Crippen MR) is 318 cm³/mol. The first-order chi connectivity index (χ1) is 36.2. The standard InChI is InChI=1S/C72H62N2/c1-6-7-8-19-49(3)56-22-11-12-23-59(56)63-25-15-17-28-69(63)73-54-38-41-62-61-40-35-51(45-67(61)72(4,5)68(62)47-54)32-31-50-33-36-52(37-34-50)57-42-43-71(64-26-14-13-24-60(57)64)74-55-21-10-9-20-53(46-55)58-39-30-48(2)44-66(58)65-27-16-18-29-70(65)74/h6-43,45-49,55,73H,44H2,1-5H3/b7-6-,19-8-,32-31+. The van der Waals surface area contributed by atoms with E-state index in [4.69, 9.17) is 0 Å². The van der Waals surface area contributed by atoms with E-state index in [1.165, 1.54) is 106 Å². The Kier molecular flexibility index (Phi) is 12.3. The number of hydrogen-bond donors (Lipinski definition) is 1. The van der Waals surface area contributed by atoms with Crippen LogP contribution >= 0.6 is 0 Å². The molecule has 0 radical (unpaired) electrons. The highest BCUT2D eigenvalue weighted by atomic mass is 15.2. The van der Waals surface area contributed by atoms with Crippen molar-refractivity contribution in [2.45, 2.75) is 58.4 Å². The van der Waals surface area contributed by atoms with Crippen LogP contribution in [0.4, 0.5) is 22.7 Å². The molecule has 0 saturated heterocycles. The topological polar surface area (TPSA) is 15.3 Å². The first kappa shape index (κ1) is 46.6. The molecule has 0 amide bonds. The maximum atomic E-state index is 3.85. The van der Waals surface area contributed by atoms with Gasteiger partial charge in [0.1, 0.15) is 0 Å². The summed E-state index contributed by atoms with van der Waals surface area (Å²) in [6.07, 6.45) is 30.3. The molecule has 74 heavy (non-hydrogen) atoms. The first-order valence-corrected chi connectivity index (χ1v) is 26.4. The molecule has 0 fully saturated rings. The van der Waals surface area contributed by atoms with Crippen LogP contribution in [0.3, 0.4) is 0 Å². The molecule has 3 aliphatic carbocycles. The maximum Gasteiger partial charge on any atom is 0.0718 e. The van der Waals surface area contributed by atoms with Crippen molar-refractivity contribution in [2.75, 3.05) is 10.2 Å². The molecule has 4 aliphatic rings. The zero-order chi connectivity index (χ0) is 50.3. The van der Waals surface area contributed by atoms with Crippen molar-refractivity contribution >= 4 is 51.2 Å². The number of nitrogens with one attached hydrogen (secondary N) is 1. The lowest BCUT2D eigenvalue weighted by Crippen LogP contribution is -2.30. The Hall–Kier alpha value is -8.46. The fourth-order valence-corrected chi connectivity index (χ4v) is 12.0. The number of fused-ring (bicyclic) bond motifs is 8. The lowest BCUT2D eigenvalue weighted by molar-refractivity contribution is 0.660. The van der Waals surface area contributed by atoms with E-state index in [1.54, 1.807) is 0 Å². The molecule has 1 heterocycles. The summed E-state index contributed by atoms with van der Waals surface area (Å²) in [6.45, 7) is 11.4. The Balaban J connectivity index is 0.799. The zero-order valence-corrected chi connectivity index (χ0v) is 43.1. The van der Waals surface area contributed by atoms with E-state index in [0.29, 0.717) is 5.92 Å². The van der Waals surface area contributed by atoms with E-state index in [1.807, 2.05) is 0 Å². The van der Waals surface area contributed by atoms with Gasteiger partial charge in [0.15, 0.2) is 0 Å². The van der Waals surface area contributed by atoms with Gasteiger partial charge in [-0.05, 0) is 133 Å². The van der Waals surface area contributed by atoms with Crippen molar-refractivity contribution in [2.24, 2.45) is 5.92 Å². The molecule has 0 spiro atoms. The molecule has 1 N–H and O–H groups in total. The fraction of sp³-hybridized carbons (Fsp3) is 0.139. The van der Waals surface area contributed by atoms with Crippen LogP contribution in [0.5, 0.6) is 0 Å². The van der Waals surface area contributed by atoms with Crippen LogP contribution in [0.1, 0.15) is 80.3 Å². The van der Waals surface area contributed by atoms with Crippen molar-refractivity contribution in [3.63, 3.8) is 0 Å². The van der Waals surface area contributed by atoms with E-state index >= 15 is 0 Å². The van der Waals surface area contributed by atoms with Crippen LogP contribution in [0, 0.1) is 5.92 Å². The number of hydrogen-bond acceptors (Lipinski definition) is 2. The number of allylic oxidation sites excluding steroid dienone is 12. The molecule has 2 heteroatoms. The molecule has 12 rings (SSSR count). The van der Waals surface area contributed by atoms with Gasteiger partial charge < -0.3 is 10.2 Å². The first-order valence-electron chi connectivity index (χ1n) is 26.4. The third-order valence-electron chi connectivity index (χ3n) is 15.8. The largest absolute Gasteiger partial charge is 0.355 e. The van der Waals surface area contributed by atoms with E-state index in [2.05, 4.69) is 294 Å². The monoisotopic (exact) mass is 954 g/mol. The van der Waals surface area contributed by atoms with Gasteiger partial charge in [0.25, 0.3) is 0 Å². The highest BCUT2D eigenvalue weighted by Gasteiger charge is 2.36. The maximum absolute atomic E-state index is 3.85. The SMILES string of the molecule is C/C=C\C=C/C(C)c1ccccc1-c1ccccc1Nc1ccc2c(c1)C(C)(C)c1cc(/C=C/c3ccc(-c4ccc(N5c6ccccc6C6=C(C=CC(C)C6)C6=CC5C=CC=C6)c5ccccc45)cc3)ccc1-2. The van der Waals surface area contributed by atoms with Crippen LogP contribution in [-0.4, -0.2) is 6.04 Å². The van der Waals surface area contributed by atoms with Crippen LogP contribution in [0.15, 0.2) is 248 Å². The summed E-state index contributed by atoms with van der Waals surface area (Å²) in [7, 11) is 0. The molecule has 3 atom stereocenters. The summed E-state index contributed by atoms with van der Waals surface area (Å²) in [5.41, 5.74) is 23.8. The van der Waals surface area contributed by atoms with Gasteiger partial charge in [-0.25, -0.2) is 0 Å². The summed E-state index contributed by atoms with van der Waals surface area (Å²) in [4.78, 5) is 2.56. The minimum Gasteiger partial charge on any atom is -0.355 e. The van der Waals surface area contributed by atoms with E-state index in [0.717, 1.165) is 17.8 Å². The van der Waals surface area contributed by atoms with Gasteiger partial charge >= 0.3 is 0 Å². The molecule has 3 unspecified atom stereocenters. The lowest BCUT2D eigenvalue weighted by atomic mass is 9.81. The lowest BCUT2D eigenvalue weighted by Gasteiger charge is -2.36. The molecule has 1 aliphatic heterocycles. The Morgan fingerprint density at radius 3 is 2.12 bits per heavy atom. The van der Waals surface area contributed by atoms with Crippen molar-refractivity contribution in [3.8, 4) is 33.4 Å². The van der Waals surface area contributed by atoms with Gasteiger partial charge in [0.05, 0.1) is 6.04 Å². The Labute approximate surface area is 438 Å². The van der Waals surface area contributed by atoms with E-state index in [-0.39, 0.29) is 17.4 Å². The third-order valence-corrected chi connectivity index (χ3v) is 15.8. The van der Waals surface area contributed by atoms with Crippen molar-refractivity contribution in [1.29, 1.82) is 0 Å². The predicted octanol–water partition coefficient (Wildman–Crippen LogP) is 19.6. The molecule has 360 valence electrons. The van der Waals surface area contributed by atoms with Gasteiger partial charge in [-0.15, -0.1) is 0 Å². The number of para-hydroxylation sites is 2. The van der Waals surface area contributed by atoms with E-state index < -0.39 is 0 Å². The van der Waals surface area contributed by atoms with Gasteiger partial charge in [0, 0.05) is 44.7 Å². The van der Waals surface area contributed by atoms with Crippen LogP contribution in [-0.2, 0) is 5.41 Å². The summed E-state index contributed by atoms with van der Waals surface area (Å²) >= 11 is 0. The van der Waals surface area contributed by atoms with Crippen LogP contribution in [0.25, 0.3) is 61.9 Å². The summed E-state index contributed by atoms with van der Waals surface area (Å²) in [5, 5.41) is 6.34. The summed E-state index contributed by atoms with van der Waals surface area (Å²) in [5.74, 6) is 0.761. The molecular weight excluding hydrogens is 893 g/mol. The van der Waals surface area contributed by atoms with Crippen LogP contribution in [0.2, 0.25) is 0 Å². The number of nitrogens with zero attached hydrogens (tertiary/aromatic N) is 1. The Morgan fingerprint density at radius 1 is 0.595 bits per heavy atom. The second-order valence-electron chi connectivity index (χ2n) is 21.0. The average molecular weight is 955 g/mol. The minimum absolute atomic E-state index is 0.0413. The summed E-state index contributed by atoms with van der Waals surface area (Å²) in [6, 6.07) is 63.1. The normalized spacial score (nSPS) is 17.7. The quantitative estimate of drug-likeness (QED) is 0.109. The van der Waals surface area contributed by atoms with Gasteiger partial charge in [-0.3, -0.25) is 0 Å². The molecule has 0 aromatic heterocycles. The zero-order valence-electron chi connectivity index (χ0n) is 43.1. The molecule has 0 saturated carbocycles. The second-order valence-corrected chi connectivity index (χ2v) is 21.0. The fourth-order valence-electron chi connectivity index (χ4n) is 12.0. The van der Waals surface area contributed by atoms with Crippen molar-refractivity contribution in [1.82, 2.24) is 0 Å². The summed E-state index contributed by atoms with van der Waals surface area (Å²) < 4.78 is 0. The molecule has 2 bridgehead atoms. The number of benzene rings is 8. The minimum atomic E-state index is -0.168. The highest BCUT2D eigenvalue weighted by molar-refractivity contribution is 6.06. The highest BCUT2D eigenvalue weighted by Crippen LogP contribution is 2.51.